The van der Waals surface area contributed by atoms with Gasteiger partial charge < -0.3 is 15.7 Å². The molecule has 6 heteroatoms. The van der Waals surface area contributed by atoms with Crippen LogP contribution in [0, 0.1) is 12.3 Å². The zero-order valence-corrected chi connectivity index (χ0v) is 12.8. The second-order valence-electron chi connectivity index (χ2n) is 5.73. The number of carboxylic acids is 1. The predicted octanol–water partition coefficient (Wildman–Crippen LogP) is 3.41. The Morgan fingerprint density at radius 2 is 2.14 bits per heavy atom. The van der Waals surface area contributed by atoms with Crippen LogP contribution in [-0.4, -0.2) is 23.1 Å². The fourth-order valence-electron chi connectivity index (χ4n) is 2.70. The average molecular weight is 311 g/mol. The number of carboxylic acid groups (broad SMARTS) is 1. The Morgan fingerprint density at radius 1 is 1.43 bits per heavy atom. The highest BCUT2D eigenvalue weighted by Crippen LogP contribution is 2.38. The van der Waals surface area contributed by atoms with E-state index in [0.717, 1.165) is 12.0 Å². The van der Waals surface area contributed by atoms with Crippen LogP contribution in [0.15, 0.2) is 18.2 Å². The van der Waals surface area contributed by atoms with Gasteiger partial charge >= 0.3 is 12.0 Å². The molecule has 0 heterocycles. The molecule has 2 rings (SSSR count). The van der Waals surface area contributed by atoms with Crippen molar-refractivity contribution in [3.63, 3.8) is 0 Å². The van der Waals surface area contributed by atoms with Gasteiger partial charge in [0.1, 0.15) is 0 Å². The van der Waals surface area contributed by atoms with Crippen molar-refractivity contribution < 1.29 is 14.7 Å². The van der Waals surface area contributed by atoms with Gasteiger partial charge in [-0.1, -0.05) is 24.1 Å². The molecule has 1 aliphatic rings. The summed E-state index contributed by atoms with van der Waals surface area (Å²) in [7, 11) is 0. The number of urea groups is 1. The van der Waals surface area contributed by atoms with Gasteiger partial charge in [0.2, 0.25) is 0 Å². The van der Waals surface area contributed by atoms with E-state index < -0.39 is 17.4 Å². The van der Waals surface area contributed by atoms with Gasteiger partial charge in [-0.3, -0.25) is 4.79 Å². The second kappa shape index (κ2) is 5.93. The molecule has 0 bridgehead atoms. The molecule has 1 saturated carbocycles. The van der Waals surface area contributed by atoms with Crippen LogP contribution in [0.4, 0.5) is 10.5 Å². The smallest absolute Gasteiger partial charge is 0.319 e. The van der Waals surface area contributed by atoms with E-state index in [2.05, 4.69) is 10.6 Å². The monoisotopic (exact) mass is 310 g/mol. The molecule has 2 amide bonds. The van der Waals surface area contributed by atoms with E-state index in [-0.39, 0.29) is 6.04 Å². The van der Waals surface area contributed by atoms with E-state index in [9.17, 15) is 14.7 Å². The number of carbonyl (C=O) groups excluding carboxylic acids is 1. The summed E-state index contributed by atoms with van der Waals surface area (Å²) in [5.41, 5.74) is 0.609. The first-order valence-electron chi connectivity index (χ1n) is 6.90. The molecular formula is C15H19ClN2O3. The quantitative estimate of drug-likeness (QED) is 0.800. The predicted molar refractivity (Wildman–Crippen MR) is 81.7 cm³/mol. The van der Waals surface area contributed by atoms with Crippen LogP contribution in [0.5, 0.6) is 0 Å². The van der Waals surface area contributed by atoms with E-state index in [0.29, 0.717) is 23.6 Å². The number of aryl methyl sites for hydroxylation is 1. The number of carbonyl (C=O) groups is 2. The molecule has 1 aliphatic carbocycles. The number of hydrogen-bond donors (Lipinski definition) is 3. The Bertz CT molecular complexity index is 576. The maximum atomic E-state index is 12.1. The van der Waals surface area contributed by atoms with E-state index >= 15 is 0 Å². The first-order chi connectivity index (χ1) is 9.83. The molecule has 21 heavy (non-hydrogen) atoms. The van der Waals surface area contributed by atoms with Crippen LogP contribution in [-0.2, 0) is 4.79 Å². The largest absolute Gasteiger partial charge is 0.481 e. The van der Waals surface area contributed by atoms with Gasteiger partial charge in [-0.15, -0.1) is 0 Å². The Kier molecular flexibility index (Phi) is 4.42. The van der Waals surface area contributed by atoms with E-state index in [1.165, 1.54) is 0 Å². The van der Waals surface area contributed by atoms with Crippen molar-refractivity contribution in [1.29, 1.82) is 0 Å². The maximum Gasteiger partial charge on any atom is 0.319 e. The minimum absolute atomic E-state index is 0.366. The second-order valence-corrected chi connectivity index (χ2v) is 6.16. The number of amides is 2. The van der Waals surface area contributed by atoms with Crippen molar-refractivity contribution in [1.82, 2.24) is 5.32 Å². The average Bonchev–Trinajstić information content (AvgIpc) is 2.77. The number of nitrogens with one attached hydrogen (secondary N) is 2. The van der Waals surface area contributed by atoms with Gasteiger partial charge in [-0.05, 0) is 44.4 Å². The Hall–Kier alpha value is -1.75. The number of benzene rings is 1. The molecule has 0 aliphatic heterocycles. The van der Waals surface area contributed by atoms with E-state index in [1.54, 1.807) is 19.1 Å². The standard InChI is InChI=1S/C15H19ClN2O3/c1-9-5-6-10(16)8-11(9)17-14(21)18-12-4-3-7-15(12,2)13(19)20/h5-6,8,12H,3-4,7H2,1-2H3,(H,19,20)(H2,17,18,21). The molecule has 3 N–H and O–H groups in total. The van der Waals surface area contributed by atoms with Crippen LogP contribution in [0.1, 0.15) is 31.7 Å². The van der Waals surface area contributed by atoms with Gasteiger partial charge in [0.05, 0.1) is 5.41 Å². The first kappa shape index (κ1) is 15.6. The van der Waals surface area contributed by atoms with E-state index in [4.69, 9.17) is 11.6 Å². The third-order valence-electron chi connectivity index (χ3n) is 4.20. The molecular weight excluding hydrogens is 292 g/mol. The highest BCUT2D eigenvalue weighted by molar-refractivity contribution is 6.31. The molecule has 0 radical (unpaired) electrons. The number of anilines is 1. The van der Waals surface area contributed by atoms with Crippen molar-refractivity contribution in [3.8, 4) is 0 Å². The first-order valence-corrected chi connectivity index (χ1v) is 7.28. The molecule has 2 atom stereocenters. The maximum absolute atomic E-state index is 12.1. The molecule has 114 valence electrons. The molecule has 2 unspecified atom stereocenters. The molecule has 0 aromatic heterocycles. The normalized spacial score (nSPS) is 24.6. The van der Waals surface area contributed by atoms with Gasteiger partial charge in [-0.25, -0.2) is 4.79 Å². The SMILES string of the molecule is Cc1ccc(Cl)cc1NC(=O)NC1CCCC1(C)C(=O)O. The van der Waals surface area contributed by atoms with Crippen molar-refractivity contribution in [3.05, 3.63) is 28.8 Å². The fraction of sp³-hybridized carbons (Fsp3) is 0.467. The Balaban J connectivity index is 2.05. The van der Waals surface area contributed by atoms with Crippen LogP contribution in [0.2, 0.25) is 5.02 Å². The molecule has 0 saturated heterocycles. The van der Waals surface area contributed by atoms with Gasteiger partial charge in [0, 0.05) is 16.8 Å². The van der Waals surface area contributed by atoms with Gasteiger partial charge in [0.25, 0.3) is 0 Å². The number of hydrogen-bond acceptors (Lipinski definition) is 2. The van der Waals surface area contributed by atoms with Crippen LogP contribution >= 0.6 is 11.6 Å². The fourth-order valence-corrected chi connectivity index (χ4v) is 2.87. The topological polar surface area (TPSA) is 78.4 Å². The zero-order chi connectivity index (χ0) is 15.6. The van der Waals surface area contributed by atoms with Gasteiger partial charge in [0.15, 0.2) is 0 Å². The summed E-state index contributed by atoms with van der Waals surface area (Å²) in [6, 6.07) is 4.46. The summed E-state index contributed by atoms with van der Waals surface area (Å²) in [6.45, 7) is 3.54. The number of aliphatic carboxylic acids is 1. The van der Waals surface area contributed by atoms with Crippen molar-refractivity contribution in [2.45, 2.75) is 39.2 Å². The lowest BCUT2D eigenvalue weighted by atomic mass is 9.85. The summed E-state index contributed by atoms with van der Waals surface area (Å²) in [6.07, 6.45) is 2.04. The highest BCUT2D eigenvalue weighted by Gasteiger charge is 2.45. The molecule has 1 fully saturated rings. The lowest BCUT2D eigenvalue weighted by Crippen LogP contribution is -2.48. The van der Waals surface area contributed by atoms with Crippen molar-refractivity contribution >= 4 is 29.3 Å². The van der Waals surface area contributed by atoms with Crippen LogP contribution in [0.3, 0.4) is 0 Å². The Labute approximate surface area is 128 Å². The molecule has 1 aromatic rings. The summed E-state index contributed by atoms with van der Waals surface area (Å²) < 4.78 is 0. The summed E-state index contributed by atoms with van der Waals surface area (Å²) in [5, 5.41) is 15.4. The van der Waals surface area contributed by atoms with Crippen LogP contribution < -0.4 is 10.6 Å². The molecule has 1 aromatic carbocycles. The number of halogens is 1. The third kappa shape index (κ3) is 3.29. The summed E-state index contributed by atoms with van der Waals surface area (Å²) >= 11 is 5.91. The molecule has 0 spiro atoms. The Morgan fingerprint density at radius 3 is 2.81 bits per heavy atom. The van der Waals surface area contributed by atoms with Crippen molar-refractivity contribution in [2.75, 3.05) is 5.32 Å². The lowest BCUT2D eigenvalue weighted by Gasteiger charge is -2.27. The minimum Gasteiger partial charge on any atom is -0.481 e. The number of rotatable bonds is 3. The highest BCUT2D eigenvalue weighted by atomic mass is 35.5. The summed E-state index contributed by atoms with van der Waals surface area (Å²) in [4.78, 5) is 23.5. The zero-order valence-electron chi connectivity index (χ0n) is 12.1. The minimum atomic E-state index is -0.902. The lowest BCUT2D eigenvalue weighted by molar-refractivity contribution is -0.148. The molecule has 5 nitrogen and oxygen atoms in total. The van der Waals surface area contributed by atoms with Gasteiger partial charge in [-0.2, -0.15) is 0 Å². The van der Waals surface area contributed by atoms with Crippen molar-refractivity contribution in [2.24, 2.45) is 5.41 Å². The summed E-state index contributed by atoms with van der Waals surface area (Å²) in [5.74, 6) is -0.871. The van der Waals surface area contributed by atoms with Crippen LogP contribution in [0.25, 0.3) is 0 Å². The third-order valence-corrected chi connectivity index (χ3v) is 4.43. The van der Waals surface area contributed by atoms with E-state index in [1.807, 2.05) is 13.0 Å².